The van der Waals surface area contributed by atoms with Crippen molar-refractivity contribution in [2.75, 3.05) is 0 Å². The van der Waals surface area contributed by atoms with Crippen molar-refractivity contribution in [1.82, 2.24) is 0 Å². The number of aliphatic hydroxyl groups is 2. The van der Waals surface area contributed by atoms with Gasteiger partial charge in [-0.3, -0.25) is 9.59 Å². The van der Waals surface area contributed by atoms with Crippen LogP contribution in [-0.2, 0) is 28.5 Å². The summed E-state index contributed by atoms with van der Waals surface area (Å²) in [5.74, 6) is -2.40. The molecule has 0 aliphatic heterocycles. The summed E-state index contributed by atoms with van der Waals surface area (Å²) in [6.45, 7) is 19.6. The molecule has 0 heterocycles. The maximum absolute atomic E-state index is 13.7. The first-order chi connectivity index (χ1) is 20.0. The normalized spacial score (nSPS) is 35.0. The van der Waals surface area contributed by atoms with Crippen molar-refractivity contribution in [3.05, 3.63) is 71.5 Å². The highest BCUT2D eigenvalue weighted by Crippen LogP contribution is 2.62. The molecule has 234 valence electrons. The van der Waals surface area contributed by atoms with Crippen LogP contribution in [0.3, 0.4) is 0 Å². The van der Waals surface area contributed by atoms with Crippen LogP contribution in [0.5, 0.6) is 0 Å². The molecule has 9 heteroatoms. The molecular formula is C34H44O9. The number of hydrogen-bond donors (Lipinski definition) is 2. The molecule has 9 nitrogen and oxygen atoms in total. The number of hydrogen-bond acceptors (Lipinski definition) is 9. The fraction of sp³-hybridized carbons (Fsp3) is 0.559. The summed E-state index contributed by atoms with van der Waals surface area (Å²) < 4.78 is 24.6. The van der Waals surface area contributed by atoms with Crippen molar-refractivity contribution in [3.8, 4) is 0 Å². The highest BCUT2D eigenvalue weighted by molar-refractivity contribution is 5.89. The first-order valence-corrected chi connectivity index (χ1v) is 14.7. The molecule has 5 unspecified atom stereocenters. The Balaban J connectivity index is 2.09. The van der Waals surface area contributed by atoms with Crippen LogP contribution in [0.15, 0.2) is 66.0 Å². The maximum Gasteiger partial charge on any atom is 0.338 e. The molecule has 0 saturated heterocycles. The van der Waals surface area contributed by atoms with E-state index in [1.807, 2.05) is 13.8 Å². The van der Waals surface area contributed by atoms with Crippen LogP contribution in [0.4, 0.5) is 0 Å². The van der Waals surface area contributed by atoms with Crippen LogP contribution in [0.25, 0.3) is 0 Å². The van der Waals surface area contributed by atoms with Crippen molar-refractivity contribution in [1.29, 1.82) is 0 Å². The Bertz CT molecular complexity index is 1340. The number of benzene rings is 1. The Morgan fingerprint density at radius 1 is 0.930 bits per heavy atom. The second-order valence-electron chi connectivity index (χ2n) is 13.0. The number of fused-ring (bicyclic) bond motifs is 3. The topological polar surface area (TPSA) is 129 Å². The summed E-state index contributed by atoms with van der Waals surface area (Å²) in [5, 5.41) is 24.2. The van der Waals surface area contributed by atoms with E-state index in [1.54, 1.807) is 51.1 Å². The molecule has 43 heavy (non-hydrogen) atoms. The summed E-state index contributed by atoms with van der Waals surface area (Å²) in [7, 11) is 0. The molecule has 1 aromatic rings. The molecule has 2 saturated carbocycles. The lowest BCUT2D eigenvalue weighted by Crippen LogP contribution is -2.71. The van der Waals surface area contributed by atoms with Crippen LogP contribution in [0.1, 0.15) is 78.1 Å². The SMILES string of the molecule is C=C(C)OC1C[C@@]2(O)C(OC(=O)c3ccccc3)C3C(=C)C(O)CC[C@@]3(C)C(OC(C)=O)[C@H](OC(C)=O)C(=C1C)C2(C)C. The van der Waals surface area contributed by atoms with E-state index in [-0.39, 0.29) is 18.4 Å². The fourth-order valence-corrected chi connectivity index (χ4v) is 7.66. The van der Waals surface area contributed by atoms with Gasteiger partial charge in [0.05, 0.1) is 17.4 Å². The summed E-state index contributed by atoms with van der Waals surface area (Å²) in [5.41, 5.74) is -2.36. The lowest BCUT2D eigenvalue weighted by Gasteiger charge is -2.63. The lowest BCUT2D eigenvalue weighted by atomic mass is 9.47. The van der Waals surface area contributed by atoms with Gasteiger partial charge in [0.25, 0.3) is 0 Å². The number of esters is 3. The van der Waals surface area contributed by atoms with Crippen LogP contribution in [0.2, 0.25) is 0 Å². The molecule has 8 atom stereocenters. The van der Waals surface area contributed by atoms with Crippen LogP contribution in [0, 0.1) is 16.7 Å². The summed E-state index contributed by atoms with van der Waals surface area (Å²) in [6.07, 6.45) is -4.65. The van der Waals surface area contributed by atoms with Gasteiger partial charge >= 0.3 is 17.9 Å². The maximum atomic E-state index is 13.7. The fourth-order valence-electron chi connectivity index (χ4n) is 7.66. The van der Waals surface area contributed by atoms with Gasteiger partial charge in [0, 0.05) is 37.0 Å². The molecule has 2 bridgehead atoms. The first kappa shape index (κ1) is 32.5. The third-order valence-electron chi connectivity index (χ3n) is 9.81. The predicted octanol–water partition coefficient (Wildman–Crippen LogP) is 4.82. The number of allylic oxidation sites excluding steroid dienone is 1. The standard InChI is InChI=1S/C34H44O9/c1-18(2)40-25-17-34(39)29(43-31(38)23-13-11-10-12-14-23)27-19(3)24(37)15-16-33(27,9)30(42-22(6)36)28(41-21(5)35)26(20(25)4)32(34,7)8/h10-14,24-25,27-30,37,39H,1,3,15-17H2,2,4-9H3/t24?,25?,27?,28-,29?,30?,33-,34-/m1/s1. The molecule has 3 aliphatic carbocycles. The number of rotatable bonds is 6. The molecule has 4 rings (SSSR count). The Morgan fingerprint density at radius 2 is 1.53 bits per heavy atom. The van der Waals surface area contributed by atoms with E-state index in [2.05, 4.69) is 13.2 Å². The zero-order valence-corrected chi connectivity index (χ0v) is 26.1. The highest BCUT2D eigenvalue weighted by Gasteiger charge is 2.69. The van der Waals surface area contributed by atoms with Gasteiger partial charge < -0.3 is 29.2 Å². The van der Waals surface area contributed by atoms with E-state index in [1.165, 1.54) is 13.8 Å². The Labute approximate surface area is 253 Å². The van der Waals surface area contributed by atoms with Crippen molar-refractivity contribution in [3.63, 3.8) is 0 Å². The summed E-state index contributed by atoms with van der Waals surface area (Å²) in [6, 6.07) is 8.43. The third-order valence-corrected chi connectivity index (χ3v) is 9.81. The van der Waals surface area contributed by atoms with Crippen LogP contribution in [-0.4, -0.2) is 64.2 Å². The third kappa shape index (κ3) is 5.53. The number of aliphatic hydroxyl groups excluding tert-OH is 1. The van der Waals surface area contributed by atoms with Gasteiger partial charge in [0.15, 0.2) is 6.10 Å². The van der Waals surface area contributed by atoms with E-state index in [4.69, 9.17) is 18.9 Å². The quantitative estimate of drug-likeness (QED) is 0.206. The second kappa shape index (κ2) is 11.6. The van der Waals surface area contributed by atoms with Crippen LogP contribution >= 0.6 is 0 Å². The minimum absolute atomic E-state index is 0.00406. The molecule has 1 aromatic carbocycles. The number of carbonyl (C=O) groups excluding carboxylic acids is 3. The average Bonchev–Trinajstić information content (AvgIpc) is 2.91. The molecule has 3 aliphatic rings. The van der Waals surface area contributed by atoms with Crippen LogP contribution < -0.4 is 0 Å². The molecule has 0 aromatic heterocycles. The van der Waals surface area contributed by atoms with Gasteiger partial charge in [0.2, 0.25) is 0 Å². The van der Waals surface area contributed by atoms with Gasteiger partial charge in [0.1, 0.15) is 23.9 Å². The smallest absolute Gasteiger partial charge is 0.338 e. The molecule has 2 N–H and O–H groups in total. The Hall–Kier alpha value is -3.43. The van der Waals surface area contributed by atoms with Gasteiger partial charge in [-0.1, -0.05) is 52.1 Å². The minimum Gasteiger partial charge on any atom is -0.491 e. The zero-order chi connectivity index (χ0) is 32.1. The van der Waals surface area contributed by atoms with Gasteiger partial charge in [-0.05, 0) is 55.5 Å². The summed E-state index contributed by atoms with van der Waals surface area (Å²) >= 11 is 0. The van der Waals surface area contributed by atoms with Crippen molar-refractivity contribution in [2.24, 2.45) is 16.7 Å². The van der Waals surface area contributed by atoms with E-state index in [0.29, 0.717) is 28.9 Å². The number of ether oxygens (including phenoxy) is 4. The lowest BCUT2D eigenvalue weighted by molar-refractivity contribution is -0.233. The molecule has 0 amide bonds. The Morgan fingerprint density at radius 3 is 2.09 bits per heavy atom. The average molecular weight is 597 g/mol. The predicted molar refractivity (Wildman–Crippen MR) is 158 cm³/mol. The first-order valence-electron chi connectivity index (χ1n) is 14.7. The zero-order valence-electron chi connectivity index (χ0n) is 26.1. The van der Waals surface area contributed by atoms with E-state index < -0.39 is 70.8 Å². The van der Waals surface area contributed by atoms with Crippen molar-refractivity contribution in [2.45, 2.75) is 104 Å². The Kier molecular flexibility index (Phi) is 8.75. The summed E-state index contributed by atoms with van der Waals surface area (Å²) in [4.78, 5) is 39.2. The second-order valence-corrected chi connectivity index (χ2v) is 13.0. The van der Waals surface area contributed by atoms with Gasteiger partial charge in [-0.25, -0.2) is 4.79 Å². The van der Waals surface area contributed by atoms with E-state index in [9.17, 15) is 24.6 Å². The molecule has 2 fully saturated rings. The van der Waals surface area contributed by atoms with E-state index >= 15 is 0 Å². The van der Waals surface area contributed by atoms with Crippen molar-refractivity contribution < 1.29 is 43.5 Å². The van der Waals surface area contributed by atoms with Crippen molar-refractivity contribution >= 4 is 17.9 Å². The highest BCUT2D eigenvalue weighted by atomic mass is 16.6. The largest absolute Gasteiger partial charge is 0.491 e. The van der Waals surface area contributed by atoms with Gasteiger partial charge in [-0.2, -0.15) is 0 Å². The molecular weight excluding hydrogens is 552 g/mol. The van der Waals surface area contributed by atoms with E-state index in [0.717, 1.165) is 0 Å². The number of carbonyl (C=O) groups is 3. The molecule has 0 spiro atoms. The molecule has 0 radical (unpaired) electrons. The monoisotopic (exact) mass is 596 g/mol. The van der Waals surface area contributed by atoms with Gasteiger partial charge in [-0.15, -0.1) is 0 Å². The minimum atomic E-state index is -1.84.